The Morgan fingerprint density at radius 1 is 1.03 bits per heavy atom. The molecule has 0 bridgehead atoms. The molecule has 10 heteroatoms. The van der Waals surface area contributed by atoms with Gasteiger partial charge in [0.25, 0.3) is 11.8 Å². The van der Waals surface area contributed by atoms with E-state index in [2.05, 4.69) is 10.6 Å². The maximum atomic E-state index is 12.7. The van der Waals surface area contributed by atoms with Gasteiger partial charge in [-0.2, -0.15) is 0 Å². The molecule has 0 saturated carbocycles. The van der Waals surface area contributed by atoms with Gasteiger partial charge in [0.1, 0.15) is 11.5 Å². The van der Waals surface area contributed by atoms with E-state index in [-0.39, 0.29) is 11.0 Å². The number of thiocarbonyl (C=S) groups is 1. The lowest BCUT2D eigenvalue weighted by atomic mass is 10.1. The number of carbonyl (C=O) groups excluding carboxylic acids is 2. The number of nitrogens with zero attached hydrogens (tertiary/aromatic N) is 1. The Kier molecular flexibility index (Phi) is 7.67. The molecule has 1 fully saturated rings. The van der Waals surface area contributed by atoms with Crippen molar-refractivity contribution in [2.24, 2.45) is 0 Å². The summed E-state index contributed by atoms with van der Waals surface area (Å²) in [6, 6.07) is 9.64. The molecule has 0 aromatic heterocycles. The molecule has 0 atom stereocenters. The number of amides is 2. The van der Waals surface area contributed by atoms with Crippen LogP contribution in [0, 0.1) is 0 Å². The van der Waals surface area contributed by atoms with Gasteiger partial charge in [0.2, 0.25) is 0 Å². The summed E-state index contributed by atoms with van der Waals surface area (Å²) >= 11 is 11.5. The molecule has 164 valence electrons. The predicted octanol–water partition coefficient (Wildman–Crippen LogP) is 2.96. The van der Waals surface area contributed by atoms with E-state index in [1.54, 1.807) is 41.3 Å². The number of anilines is 1. The van der Waals surface area contributed by atoms with Crippen LogP contribution in [0.4, 0.5) is 5.69 Å². The molecular formula is C21H22ClN3O5S. The van der Waals surface area contributed by atoms with Crippen LogP contribution in [0.25, 0.3) is 0 Å². The van der Waals surface area contributed by atoms with Crippen LogP contribution >= 0.6 is 23.8 Å². The van der Waals surface area contributed by atoms with Crippen molar-refractivity contribution in [2.75, 3.05) is 45.8 Å². The molecule has 1 aliphatic rings. The lowest BCUT2D eigenvalue weighted by Crippen LogP contribution is -2.40. The minimum Gasteiger partial charge on any atom is -0.497 e. The molecule has 2 N–H and O–H groups in total. The zero-order valence-electron chi connectivity index (χ0n) is 17.1. The summed E-state index contributed by atoms with van der Waals surface area (Å²) in [4.78, 5) is 27.0. The first-order valence-corrected chi connectivity index (χ1v) is 10.2. The van der Waals surface area contributed by atoms with Crippen molar-refractivity contribution >= 4 is 46.4 Å². The molecule has 2 amide bonds. The fraction of sp³-hybridized carbons (Fsp3) is 0.286. The van der Waals surface area contributed by atoms with Gasteiger partial charge in [0.15, 0.2) is 5.11 Å². The van der Waals surface area contributed by atoms with Gasteiger partial charge in [0, 0.05) is 30.3 Å². The van der Waals surface area contributed by atoms with E-state index in [9.17, 15) is 9.59 Å². The van der Waals surface area contributed by atoms with Crippen LogP contribution in [0.15, 0.2) is 36.4 Å². The molecule has 0 spiro atoms. The molecule has 0 radical (unpaired) electrons. The Bertz CT molecular complexity index is 973. The highest BCUT2D eigenvalue weighted by Crippen LogP contribution is 2.25. The summed E-state index contributed by atoms with van der Waals surface area (Å²) in [6.45, 7) is 2.08. The summed E-state index contributed by atoms with van der Waals surface area (Å²) in [5.41, 5.74) is 1.18. The molecular weight excluding hydrogens is 442 g/mol. The number of halogens is 1. The summed E-state index contributed by atoms with van der Waals surface area (Å²) in [5, 5.41) is 5.85. The van der Waals surface area contributed by atoms with Crippen molar-refractivity contribution < 1.29 is 23.8 Å². The van der Waals surface area contributed by atoms with Crippen molar-refractivity contribution in [1.29, 1.82) is 0 Å². The molecule has 31 heavy (non-hydrogen) atoms. The SMILES string of the molecule is COc1cc(OC)cc(C(=O)NC(=S)Nc2cc(C(=O)N3CCOCC3)ccc2Cl)c1. The smallest absolute Gasteiger partial charge is 0.257 e. The first kappa shape index (κ1) is 22.8. The second kappa shape index (κ2) is 10.4. The Hall–Kier alpha value is -2.88. The number of rotatable bonds is 5. The number of nitrogens with one attached hydrogen (secondary N) is 2. The highest BCUT2D eigenvalue weighted by Gasteiger charge is 2.20. The monoisotopic (exact) mass is 463 g/mol. The van der Waals surface area contributed by atoms with Crippen molar-refractivity contribution in [2.45, 2.75) is 0 Å². The summed E-state index contributed by atoms with van der Waals surface area (Å²) in [6.07, 6.45) is 0. The van der Waals surface area contributed by atoms with E-state index in [4.69, 9.17) is 38.0 Å². The summed E-state index contributed by atoms with van der Waals surface area (Å²) in [5.74, 6) is 0.370. The van der Waals surface area contributed by atoms with Crippen LogP contribution < -0.4 is 20.1 Å². The third kappa shape index (κ3) is 5.84. The molecule has 8 nitrogen and oxygen atoms in total. The number of carbonyl (C=O) groups is 2. The van der Waals surface area contributed by atoms with Gasteiger partial charge in [-0.1, -0.05) is 11.6 Å². The zero-order chi connectivity index (χ0) is 22.4. The van der Waals surface area contributed by atoms with Gasteiger partial charge < -0.3 is 24.4 Å². The quantitative estimate of drug-likeness (QED) is 0.659. The highest BCUT2D eigenvalue weighted by atomic mass is 35.5. The summed E-state index contributed by atoms with van der Waals surface area (Å²) < 4.78 is 15.6. The number of methoxy groups -OCH3 is 2. The number of morpholine rings is 1. The standard InChI is InChI=1S/C21H22ClN3O5S/c1-28-15-9-14(10-16(12-15)29-2)19(26)24-21(31)23-18-11-13(3-4-17(18)22)20(27)25-5-7-30-8-6-25/h3-4,9-12H,5-8H2,1-2H3,(H2,23,24,26,31). The maximum Gasteiger partial charge on any atom is 0.257 e. The summed E-state index contributed by atoms with van der Waals surface area (Å²) in [7, 11) is 2.99. The molecule has 1 aliphatic heterocycles. The number of hydrogen-bond acceptors (Lipinski definition) is 6. The third-order valence-electron chi connectivity index (χ3n) is 4.60. The van der Waals surface area contributed by atoms with Gasteiger partial charge in [-0.3, -0.25) is 14.9 Å². The molecule has 0 aliphatic carbocycles. The predicted molar refractivity (Wildman–Crippen MR) is 121 cm³/mol. The maximum absolute atomic E-state index is 12.7. The van der Waals surface area contributed by atoms with Crippen LogP contribution in [-0.4, -0.2) is 62.3 Å². The van der Waals surface area contributed by atoms with Crippen molar-refractivity contribution in [1.82, 2.24) is 10.2 Å². The van der Waals surface area contributed by atoms with Crippen molar-refractivity contribution in [3.63, 3.8) is 0 Å². The average molecular weight is 464 g/mol. The van der Waals surface area contributed by atoms with E-state index in [1.165, 1.54) is 14.2 Å². The van der Waals surface area contributed by atoms with Crippen molar-refractivity contribution in [3.8, 4) is 11.5 Å². The van der Waals surface area contributed by atoms with Crippen molar-refractivity contribution in [3.05, 3.63) is 52.5 Å². The molecule has 3 rings (SSSR count). The Labute approximate surface area is 190 Å². The van der Waals surface area contributed by atoms with Gasteiger partial charge in [-0.15, -0.1) is 0 Å². The van der Waals surface area contributed by atoms with Crippen LogP contribution in [-0.2, 0) is 4.74 Å². The van der Waals surface area contributed by atoms with E-state index in [1.807, 2.05) is 0 Å². The van der Waals surface area contributed by atoms with Crippen LogP contribution in [0.5, 0.6) is 11.5 Å². The van der Waals surface area contributed by atoms with Gasteiger partial charge in [-0.25, -0.2) is 0 Å². The molecule has 1 heterocycles. The van der Waals surface area contributed by atoms with Crippen LogP contribution in [0.3, 0.4) is 0 Å². The van der Waals surface area contributed by atoms with Gasteiger partial charge in [0.05, 0.1) is 38.1 Å². The topological polar surface area (TPSA) is 89.1 Å². The first-order chi connectivity index (χ1) is 14.9. The first-order valence-electron chi connectivity index (χ1n) is 9.43. The molecule has 2 aromatic carbocycles. The fourth-order valence-electron chi connectivity index (χ4n) is 2.97. The van der Waals surface area contributed by atoms with Gasteiger partial charge >= 0.3 is 0 Å². The molecule has 0 unspecified atom stereocenters. The minimum atomic E-state index is -0.452. The van der Waals surface area contributed by atoms with Crippen LogP contribution in [0.2, 0.25) is 5.02 Å². The average Bonchev–Trinajstić information content (AvgIpc) is 2.80. The van der Waals surface area contributed by atoms with E-state index in [0.29, 0.717) is 59.6 Å². The fourth-order valence-corrected chi connectivity index (χ4v) is 3.34. The minimum absolute atomic E-state index is 0.0321. The second-order valence-corrected chi connectivity index (χ2v) is 7.42. The highest BCUT2D eigenvalue weighted by molar-refractivity contribution is 7.80. The Balaban J connectivity index is 1.70. The lowest BCUT2D eigenvalue weighted by molar-refractivity contribution is 0.0303. The molecule has 2 aromatic rings. The normalized spacial score (nSPS) is 13.3. The second-order valence-electron chi connectivity index (χ2n) is 6.61. The van der Waals surface area contributed by atoms with E-state index >= 15 is 0 Å². The number of hydrogen-bond donors (Lipinski definition) is 2. The van der Waals surface area contributed by atoms with E-state index in [0.717, 1.165) is 0 Å². The Morgan fingerprint density at radius 3 is 2.29 bits per heavy atom. The zero-order valence-corrected chi connectivity index (χ0v) is 18.6. The number of ether oxygens (including phenoxy) is 3. The lowest BCUT2D eigenvalue weighted by Gasteiger charge is -2.27. The third-order valence-corrected chi connectivity index (χ3v) is 5.13. The molecule has 1 saturated heterocycles. The number of benzene rings is 2. The largest absolute Gasteiger partial charge is 0.497 e. The van der Waals surface area contributed by atoms with Gasteiger partial charge in [-0.05, 0) is 42.5 Å². The van der Waals surface area contributed by atoms with Crippen LogP contribution in [0.1, 0.15) is 20.7 Å². The Morgan fingerprint density at radius 2 is 1.68 bits per heavy atom. The van der Waals surface area contributed by atoms with E-state index < -0.39 is 5.91 Å².